The lowest BCUT2D eigenvalue weighted by Gasteiger charge is -2.18. The van der Waals surface area contributed by atoms with Gasteiger partial charge in [0.1, 0.15) is 10.8 Å². The molecule has 1 heterocycles. The van der Waals surface area contributed by atoms with E-state index in [1.165, 1.54) is 18.3 Å². The van der Waals surface area contributed by atoms with Crippen LogP contribution in [0.4, 0.5) is 0 Å². The van der Waals surface area contributed by atoms with Gasteiger partial charge in [0.25, 0.3) is 0 Å². The normalized spacial score (nSPS) is 11.6. The maximum atomic E-state index is 12.2. The highest BCUT2D eigenvalue weighted by Crippen LogP contribution is 2.20. The third-order valence-electron chi connectivity index (χ3n) is 3.39. The zero-order chi connectivity index (χ0) is 17.5. The van der Waals surface area contributed by atoms with E-state index in [1.54, 1.807) is 19.2 Å². The number of carbonyl (C=O) groups excluding carboxylic acids is 2. The maximum absolute atomic E-state index is 12.2. The minimum absolute atomic E-state index is 0.141. The van der Waals surface area contributed by atoms with Gasteiger partial charge in [-0.3, -0.25) is 9.59 Å². The Morgan fingerprint density at radius 2 is 2.00 bits per heavy atom. The van der Waals surface area contributed by atoms with E-state index in [0.29, 0.717) is 6.54 Å². The van der Waals surface area contributed by atoms with Crippen molar-refractivity contribution >= 4 is 23.2 Å². The molecular formula is C17H21N3O3S. The van der Waals surface area contributed by atoms with Crippen LogP contribution in [0.3, 0.4) is 0 Å². The van der Waals surface area contributed by atoms with Crippen molar-refractivity contribution in [1.82, 2.24) is 15.6 Å². The highest BCUT2D eigenvalue weighted by Gasteiger charge is 2.17. The van der Waals surface area contributed by atoms with E-state index in [0.717, 1.165) is 22.0 Å². The Morgan fingerprint density at radius 1 is 1.29 bits per heavy atom. The van der Waals surface area contributed by atoms with Crippen molar-refractivity contribution in [3.8, 4) is 5.75 Å². The van der Waals surface area contributed by atoms with Crippen molar-refractivity contribution in [3.05, 3.63) is 45.9 Å². The third kappa shape index (κ3) is 5.34. The van der Waals surface area contributed by atoms with Crippen molar-refractivity contribution in [2.45, 2.75) is 32.9 Å². The van der Waals surface area contributed by atoms with Crippen LogP contribution in [0, 0.1) is 6.92 Å². The number of carbonyl (C=O) groups is 2. The number of hydrogen-bond acceptors (Lipinski definition) is 5. The fraction of sp³-hybridized carbons (Fsp3) is 0.353. The summed E-state index contributed by atoms with van der Waals surface area (Å²) in [6.45, 7) is 3.75. The Bertz CT molecular complexity index is 697. The summed E-state index contributed by atoms with van der Waals surface area (Å²) in [6.07, 6.45) is 0.163. The minimum atomic E-state index is -0.383. The standard InChI is InChI=1S/C17H21N3O3S/c1-11-10-24-17(19-11)9-18-16(22)8-15(20-12(2)21)13-4-6-14(23-3)7-5-13/h4-7,10,15H,8-9H2,1-3H3,(H,18,22)(H,20,21). The second kappa shape index (κ2) is 8.44. The first-order valence-electron chi connectivity index (χ1n) is 7.56. The van der Waals surface area contributed by atoms with Gasteiger partial charge in [-0.2, -0.15) is 0 Å². The van der Waals surface area contributed by atoms with E-state index < -0.39 is 0 Å². The van der Waals surface area contributed by atoms with Crippen LogP contribution in [-0.4, -0.2) is 23.9 Å². The lowest BCUT2D eigenvalue weighted by molar-refractivity contribution is -0.122. The average molecular weight is 347 g/mol. The summed E-state index contributed by atoms with van der Waals surface area (Å²) < 4.78 is 5.13. The lowest BCUT2D eigenvalue weighted by atomic mass is 10.0. The number of amides is 2. The maximum Gasteiger partial charge on any atom is 0.222 e. The zero-order valence-corrected chi connectivity index (χ0v) is 14.8. The number of nitrogens with zero attached hydrogens (tertiary/aromatic N) is 1. The van der Waals surface area contributed by atoms with E-state index in [-0.39, 0.29) is 24.3 Å². The quantitative estimate of drug-likeness (QED) is 0.806. The summed E-state index contributed by atoms with van der Waals surface area (Å²) in [5, 5.41) is 8.46. The van der Waals surface area contributed by atoms with Crippen LogP contribution in [0.15, 0.2) is 29.6 Å². The van der Waals surface area contributed by atoms with Gasteiger partial charge >= 0.3 is 0 Å². The van der Waals surface area contributed by atoms with E-state index in [1.807, 2.05) is 24.4 Å². The lowest BCUT2D eigenvalue weighted by Crippen LogP contribution is -2.32. The van der Waals surface area contributed by atoms with Crippen LogP contribution >= 0.6 is 11.3 Å². The molecule has 2 aromatic rings. The van der Waals surface area contributed by atoms with E-state index >= 15 is 0 Å². The molecule has 24 heavy (non-hydrogen) atoms. The van der Waals surface area contributed by atoms with Gasteiger partial charge in [-0.25, -0.2) is 4.98 Å². The molecule has 1 aromatic heterocycles. The number of aromatic nitrogens is 1. The number of rotatable bonds is 7. The molecule has 0 aliphatic heterocycles. The van der Waals surface area contributed by atoms with Gasteiger partial charge in [0.2, 0.25) is 11.8 Å². The predicted molar refractivity (Wildman–Crippen MR) is 92.9 cm³/mol. The Hall–Kier alpha value is -2.41. The number of thiazole rings is 1. The molecule has 2 N–H and O–H groups in total. The van der Waals surface area contributed by atoms with Gasteiger partial charge < -0.3 is 15.4 Å². The molecule has 1 aromatic carbocycles. The van der Waals surface area contributed by atoms with E-state index in [4.69, 9.17) is 4.74 Å². The Labute approximate surface area is 145 Å². The van der Waals surface area contributed by atoms with Crippen LogP contribution in [-0.2, 0) is 16.1 Å². The van der Waals surface area contributed by atoms with Crippen molar-refractivity contribution in [3.63, 3.8) is 0 Å². The van der Waals surface area contributed by atoms with Crippen molar-refractivity contribution in [1.29, 1.82) is 0 Å². The van der Waals surface area contributed by atoms with Gasteiger partial charge in [-0.05, 0) is 24.6 Å². The number of aryl methyl sites for hydroxylation is 1. The summed E-state index contributed by atoms with van der Waals surface area (Å²) in [4.78, 5) is 27.9. The van der Waals surface area contributed by atoms with Gasteiger partial charge in [0.05, 0.1) is 26.1 Å². The molecule has 1 atom stereocenters. The average Bonchev–Trinajstić information content (AvgIpc) is 2.97. The molecule has 0 saturated carbocycles. The molecule has 6 nitrogen and oxygen atoms in total. The van der Waals surface area contributed by atoms with E-state index in [2.05, 4.69) is 15.6 Å². The molecule has 1 unspecified atom stereocenters. The summed E-state index contributed by atoms with van der Waals surface area (Å²) in [5.74, 6) is 0.403. The van der Waals surface area contributed by atoms with E-state index in [9.17, 15) is 9.59 Å². The summed E-state index contributed by atoms with van der Waals surface area (Å²) in [5.41, 5.74) is 1.80. The molecule has 0 aliphatic rings. The number of nitrogens with one attached hydrogen (secondary N) is 2. The topological polar surface area (TPSA) is 80.3 Å². The van der Waals surface area contributed by atoms with Crippen LogP contribution in [0.2, 0.25) is 0 Å². The number of methoxy groups -OCH3 is 1. The van der Waals surface area contributed by atoms with Crippen LogP contribution in [0.5, 0.6) is 5.75 Å². The number of benzene rings is 1. The highest BCUT2D eigenvalue weighted by molar-refractivity contribution is 7.09. The van der Waals surface area contributed by atoms with Crippen LogP contribution < -0.4 is 15.4 Å². The molecule has 0 aliphatic carbocycles. The fourth-order valence-electron chi connectivity index (χ4n) is 2.25. The molecule has 0 bridgehead atoms. The Morgan fingerprint density at radius 3 is 2.54 bits per heavy atom. The zero-order valence-electron chi connectivity index (χ0n) is 14.0. The molecule has 0 radical (unpaired) electrons. The summed E-state index contributed by atoms with van der Waals surface area (Å²) in [6, 6.07) is 6.92. The SMILES string of the molecule is COc1ccc(C(CC(=O)NCc2nc(C)cs2)NC(C)=O)cc1. The molecule has 2 amide bonds. The Balaban J connectivity index is 1.98. The first kappa shape index (κ1) is 17.9. The second-order valence-electron chi connectivity index (χ2n) is 5.39. The van der Waals surface area contributed by atoms with Crippen molar-refractivity contribution in [2.75, 3.05) is 7.11 Å². The summed E-state index contributed by atoms with van der Waals surface area (Å²) in [7, 11) is 1.59. The monoisotopic (exact) mass is 347 g/mol. The largest absolute Gasteiger partial charge is 0.497 e. The van der Waals surface area contributed by atoms with Crippen molar-refractivity contribution in [2.24, 2.45) is 0 Å². The first-order chi connectivity index (χ1) is 11.5. The summed E-state index contributed by atoms with van der Waals surface area (Å²) >= 11 is 1.51. The van der Waals surface area contributed by atoms with Crippen LogP contribution in [0.1, 0.15) is 35.7 Å². The van der Waals surface area contributed by atoms with Crippen molar-refractivity contribution < 1.29 is 14.3 Å². The first-order valence-corrected chi connectivity index (χ1v) is 8.44. The minimum Gasteiger partial charge on any atom is -0.497 e. The Kier molecular flexibility index (Phi) is 6.31. The fourth-order valence-corrected chi connectivity index (χ4v) is 2.96. The van der Waals surface area contributed by atoms with Gasteiger partial charge in [-0.1, -0.05) is 12.1 Å². The number of hydrogen-bond donors (Lipinski definition) is 2. The molecule has 128 valence electrons. The molecule has 7 heteroatoms. The predicted octanol–water partition coefficient (Wildman–Crippen LogP) is 2.34. The van der Waals surface area contributed by atoms with Gasteiger partial charge in [0.15, 0.2) is 0 Å². The molecular weight excluding hydrogens is 326 g/mol. The third-order valence-corrected chi connectivity index (χ3v) is 4.36. The molecule has 0 fully saturated rings. The molecule has 0 saturated heterocycles. The van der Waals surface area contributed by atoms with Crippen LogP contribution in [0.25, 0.3) is 0 Å². The molecule has 2 rings (SSSR count). The highest BCUT2D eigenvalue weighted by atomic mass is 32.1. The smallest absolute Gasteiger partial charge is 0.222 e. The second-order valence-corrected chi connectivity index (χ2v) is 6.33. The molecule has 0 spiro atoms. The number of ether oxygens (including phenoxy) is 1. The van der Waals surface area contributed by atoms with Gasteiger partial charge in [0, 0.05) is 18.0 Å². The van der Waals surface area contributed by atoms with Gasteiger partial charge in [-0.15, -0.1) is 11.3 Å².